The van der Waals surface area contributed by atoms with Gasteiger partial charge in [-0.1, -0.05) is 19.9 Å². The molecule has 0 fully saturated rings. The van der Waals surface area contributed by atoms with Gasteiger partial charge in [0.25, 0.3) is 0 Å². The largest absolute Gasteiger partial charge is 1.00 e. The van der Waals surface area contributed by atoms with Crippen molar-refractivity contribution >= 4 is 10.1 Å². The molecule has 0 bridgehead atoms. The van der Waals surface area contributed by atoms with Gasteiger partial charge in [0, 0.05) is 0 Å². The number of benzene rings is 1. The summed E-state index contributed by atoms with van der Waals surface area (Å²) in [7, 11) is -4.32. The van der Waals surface area contributed by atoms with Crippen LogP contribution in [0.15, 0.2) is 23.1 Å². The first-order valence-corrected chi connectivity index (χ1v) is 5.97. The molecule has 0 aromatic heterocycles. The zero-order valence-electron chi connectivity index (χ0n) is 9.28. The van der Waals surface area contributed by atoms with E-state index >= 15 is 0 Å². The Labute approximate surface area is 113 Å². The molecule has 0 saturated carbocycles. The van der Waals surface area contributed by atoms with Crippen LogP contribution in [0.1, 0.15) is 25.0 Å². The van der Waals surface area contributed by atoms with Crippen molar-refractivity contribution in [3.63, 3.8) is 0 Å². The summed E-state index contributed by atoms with van der Waals surface area (Å²) in [5, 5.41) is 0. The third kappa shape index (κ3) is 4.25. The minimum absolute atomic E-state index is 0. The summed E-state index contributed by atoms with van der Waals surface area (Å²) in [4.78, 5) is -0.117. The van der Waals surface area contributed by atoms with Crippen molar-refractivity contribution in [1.82, 2.24) is 0 Å². The van der Waals surface area contributed by atoms with E-state index in [2.05, 4.69) is 0 Å². The van der Waals surface area contributed by atoms with E-state index in [1.807, 2.05) is 19.9 Å². The quantitative estimate of drug-likeness (QED) is 0.485. The maximum Gasteiger partial charge on any atom is 1.00 e. The van der Waals surface area contributed by atoms with Crippen LogP contribution >= 0.6 is 0 Å². The van der Waals surface area contributed by atoms with Crippen molar-refractivity contribution in [3.8, 4) is 0 Å². The summed E-state index contributed by atoms with van der Waals surface area (Å²) in [6.07, 6.45) is 1.46. The molecule has 5 heteroatoms. The fraction of sp³-hybridized carbons (Fsp3) is 0.400. The molecule has 0 saturated heterocycles. The fourth-order valence-corrected chi connectivity index (χ4v) is 1.87. The Bertz CT molecular complexity index is 404. The van der Waals surface area contributed by atoms with E-state index in [4.69, 9.17) is 0 Å². The van der Waals surface area contributed by atoms with Gasteiger partial charge in [0.05, 0.1) is 4.90 Å². The molecule has 1 aromatic carbocycles. The monoisotopic (exact) mass is 236 g/mol. The zero-order chi connectivity index (χ0) is 10.8. The molecule has 0 amide bonds. The number of hydrogen-bond acceptors (Lipinski definition) is 3. The van der Waals surface area contributed by atoms with Crippen molar-refractivity contribution in [2.45, 2.75) is 31.6 Å². The van der Waals surface area contributed by atoms with Crippen molar-refractivity contribution in [3.05, 3.63) is 29.3 Å². The molecule has 0 aliphatic heterocycles. The Kier molecular flexibility index (Phi) is 6.06. The molecule has 0 atom stereocenters. The van der Waals surface area contributed by atoms with Gasteiger partial charge in [-0.15, -0.1) is 0 Å². The van der Waals surface area contributed by atoms with Gasteiger partial charge in [-0.25, -0.2) is 8.42 Å². The predicted molar refractivity (Wildman–Crippen MR) is 53.2 cm³/mol. The summed E-state index contributed by atoms with van der Waals surface area (Å²) in [6, 6.07) is 4.82. The first kappa shape index (κ1) is 15.1. The molecule has 3 nitrogen and oxygen atoms in total. The molecule has 15 heavy (non-hydrogen) atoms. The minimum Gasteiger partial charge on any atom is -0.744 e. The van der Waals surface area contributed by atoms with Crippen molar-refractivity contribution in [1.29, 1.82) is 0 Å². The van der Waals surface area contributed by atoms with Gasteiger partial charge in [0.2, 0.25) is 0 Å². The Hall–Kier alpha value is 0.130. The van der Waals surface area contributed by atoms with Crippen LogP contribution in [0.2, 0.25) is 0 Å². The first-order chi connectivity index (χ1) is 6.47. The van der Waals surface area contributed by atoms with Gasteiger partial charge < -0.3 is 4.55 Å². The molecule has 0 radical (unpaired) electrons. The topological polar surface area (TPSA) is 57.2 Å². The second kappa shape index (κ2) is 6.01. The van der Waals surface area contributed by atoms with E-state index in [-0.39, 0.29) is 34.5 Å². The second-order valence-corrected chi connectivity index (χ2v) is 4.53. The maximum absolute atomic E-state index is 10.8. The molecule has 0 N–H and O–H groups in total. The average molecular weight is 236 g/mol. The van der Waals surface area contributed by atoms with Crippen LogP contribution in [-0.2, 0) is 23.0 Å². The van der Waals surface area contributed by atoms with Gasteiger partial charge in [0.15, 0.2) is 0 Å². The van der Waals surface area contributed by atoms with Gasteiger partial charge >= 0.3 is 29.6 Å². The van der Waals surface area contributed by atoms with Gasteiger partial charge in [-0.3, -0.25) is 0 Å². The Morgan fingerprint density at radius 1 is 1.07 bits per heavy atom. The zero-order valence-corrected chi connectivity index (χ0v) is 12.1. The molecule has 0 spiro atoms. The van der Waals surface area contributed by atoms with E-state index < -0.39 is 10.1 Å². The van der Waals surface area contributed by atoms with E-state index in [9.17, 15) is 13.0 Å². The number of aryl methyl sites for hydroxylation is 2. The summed E-state index contributed by atoms with van der Waals surface area (Å²) in [5.74, 6) is 0. The third-order valence-electron chi connectivity index (χ3n) is 2.13. The molecule has 0 aliphatic rings. The van der Waals surface area contributed by atoms with E-state index in [0.29, 0.717) is 0 Å². The normalized spacial score (nSPS) is 10.9. The maximum atomic E-state index is 10.8. The molecular formula is C10H13NaO3S. The first-order valence-electron chi connectivity index (χ1n) is 4.56. The summed E-state index contributed by atoms with van der Waals surface area (Å²) in [6.45, 7) is 3.85. The summed E-state index contributed by atoms with van der Waals surface area (Å²) < 4.78 is 32.4. The van der Waals surface area contributed by atoms with Crippen LogP contribution in [0.25, 0.3) is 0 Å². The molecule has 0 unspecified atom stereocenters. The molecule has 1 aromatic rings. The van der Waals surface area contributed by atoms with Crippen LogP contribution in [0.3, 0.4) is 0 Å². The Morgan fingerprint density at radius 3 is 1.73 bits per heavy atom. The van der Waals surface area contributed by atoms with Crippen molar-refractivity contribution in [2.75, 3.05) is 0 Å². The Morgan fingerprint density at radius 2 is 1.47 bits per heavy atom. The molecule has 1 rings (SSSR count). The Balaban J connectivity index is 0.00000196. The van der Waals surface area contributed by atoms with E-state index in [0.717, 1.165) is 24.0 Å². The summed E-state index contributed by atoms with van der Waals surface area (Å²) in [5.41, 5.74) is 1.78. The fourth-order valence-electron chi connectivity index (χ4n) is 1.28. The smallest absolute Gasteiger partial charge is 0.744 e. The predicted octanol–water partition coefficient (Wildman–Crippen LogP) is -1.28. The molecule has 0 heterocycles. The standard InChI is InChI=1S/C10H14O3S.Na/c1-3-8-5-9(4-2)7-10(6-8)14(11,12)13;/h5-7H,3-4H2,1-2H3,(H,11,12,13);/q;+1/p-1. The number of hydrogen-bond donors (Lipinski definition) is 0. The second-order valence-electron chi connectivity index (χ2n) is 3.15. The molecule has 78 valence electrons. The number of rotatable bonds is 3. The van der Waals surface area contributed by atoms with Gasteiger partial charge in [-0.2, -0.15) is 0 Å². The summed E-state index contributed by atoms with van der Waals surface area (Å²) >= 11 is 0. The van der Waals surface area contributed by atoms with Crippen molar-refractivity contribution in [2.24, 2.45) is 0 Å². The third-order valence-corrected chi connectivity index (χ3v) is 2.94. The van der Waals surface area contributed by atoms with E-state index in [1.165, 1.54) is 12.1 Å². The van der Waals surface area contributed by atoms with Crippen LogP contribution in [0.5, 0.6) is 0 Å². The minimum atomic E-state index is -4.32. The molecular weight excluding hydrogens is 223 g/mol. The van der Waals surface area contributed by atoms with Gasteiger partial charge in [-0.05, 0) is 36.1 Å². The van der Waals surface area contributed by atoms with Crippen LogP contribution in [-0.4, -0.2) is 13.0 Å². The van der Waals surface area contributed by atoms with Crippen LogP contribution in [0, 0.1) is 0 Å². The van der Waals surface area contributed by atoms with E-state index in [1.54, 1.807) is 0 Å². The van der Waals surface area contributed by atoms with Crippen LogP contribution < -0.4 is 29.6 Å². The van der Waals surface area contributed by atoms with Crippen LogP contribution in [0.4, 0.5) is 0 Å². The average Bonchev–Trinajstić information content (AvgIpc) is 2.15. The molecule has 0 aliphatic carbocycles. The SMILES string of the molecule is CCc1cc(CC)cc(S(=O)(=O)[O-])c1.[Na+]. The van der Waals surface area contributed by atoms with Gasteiger partial charge in [0.1, 0.15) is 10.1 Å². The van der Waals surface area contributed by atoms with Crippen molar-refractivity contribution < 1.29 is 42.5 Å².